The number of hydrogen-bond acceptors (Lipinski definition) is 7. The molecular weight excluding hydrogens is 514 g/mol. The van der Waals surface area contributed by atoms with Gasteiger partial charge in [0.2, 0.25) is 0 Å². The summed E-state index contributed by atoms with van der Waals surface area (Å²) >= 11 is 6.74. The third kappa shape index (κ3) is 4.93. The van der Waals surface area contributed by atoms with Gasteiger partial charge in [0.05, 0.1) is 39.5 Å². The molecule has 2 saturated carbocycles. The van der Waals surface area contributed by atoms with E-state index in [-0.39, 0.29) is 17.9 Å². The van der Waals surface area contributed by atoms with Crippen molar-refractivity contribution in [2.75, 3.05) is 10.6 Å². The number of aromatic nitrogens is 4. The van der Waals surface area contributed by atoms with Crippen LogP contribution in [0.4, 0.5) is 15.8 Å². The first kappa shape index (κ1) is 25.6. The van der Waals surface area contributed by atoms with E-state index in [1.165, 1.54) is 18.3 Å². The number of hydrogen-bond donors (Lipinski definition) is 3. The molecule has 3 atom stereocenters. The molecule has 0 spiro atoms. The largest absolute Gasteiger partial charge is 0.379 e. The highest BCUT2D eigenvalue weighted by molar-refractivity contribution is 6.36. The number of benzene rings is 2. The van der Waals surface area contributed by atoms with E-state index in [1.807, 2.05) is 16.9 Å². The number of anilines is 2. The van der Waals surface area contributed by atoms with Crippen LogP contribution in [0.1, 0.15) is 61.4 Å². The van der Waals surface area contributed by atoms with Crippen molar-refractivity contribution < 1.29 is 4.39 Å². The van der Waals surface area contributed by atoms with Crippen LogP contribution in [-0.4, -0.2) is 39.9 Å². The van der Waals surface area contributed by atoms with Crippen LogP contribution in [0.3, 0.4) is 0 Å². The van der Waals surface area contributed by atoms with Crippen LogP contribution in [0.2, 0.25) is 5.02 Å². The normalized spacial score (nSPS) is 20.8. The van der Waals surface area contributed by atoms with Gasteiger partial charge < -0.3 is 16.4 Å². The van der Waals surface area contributed by atoms with Crippen LogP contribution >= 0.6 is 11.6 Å². The van der Waals surface area contributed by atoms with Gasteiger partial charge in [0.15, 0.2) is 0 Å². The molecule has 2 aromatic heterocycles. The number of nitrogens with one attached hydrogen (secondary N) is 2. The molecule has 0 saturated heterocycles. The Morgan fingerprint density at radius 1 is 1.15 bits per heavy atom. The number of nitrogens with two attached hydrogens (primary N) is 1. The average molecular weight is 541 g/mol. The Hall–Kier alpha value is -3.68. The number of pyridine rings is 1. The minimum Gasteiger partial charge on any atom is -0.379 e. The Morgan fingerprint density at radius 3 is 2.64 bits per heavy atom. The average Bonchev–Trinajstić information content (AvgIpc) is 3.66. The molecule has 39 heavy (non-hydrogen) atoms. The maximum atomic E-state index is 13.8. The van der Waals surface area contributed by atoms with Gasteiger partial charge in [-0.1, -0.05) is 41.8 Å². The third-order valence-electron chi connectivity index (χ3n) is 7.67. The first-order valence-corrected chi connectivity index (χ1v) is 13.5. The van der Waals surface area contributed by atoms with E-state index in [4.69, 9.17) is 25.2 Å². The summed E-state index contributed by atoms with van der Waals surface area (Å²) in [5.41, 5.74) is 8.31. The van der Waals surface area contributed by atoms with Gasteiger partial charge in [0.1, 0.15) is 25.4 Å². The SMILES string of the molecule is [B]C(Nc1cc(Cl)c2ncc(C#N)c(N[C@@H]3CCCC[C@@H]3N)c2c1)(c1ccc(F)cc1)c1cn(C2CC2)nn1. The summed E-state index contributed by atoms with van der Waals surface area (Å²) in [5, 5.41) is 26.5. The maximum Gasteiger partial charge on any atom is 0.123 e. The second kappa shape index (κ2) is 10.1. The molecule has 4 N–H and O–H groups in total. The van der Waals surface area contributed by atoms with Crippen molar-refractivity contribution in [3.63, 3.8) is 0 Å². The molecule has 2 heterocycles. The third-order valence-corrected chi connectivity index (χ3v) is 7.96. The number of rotatable bonds is 7. The fraction of sp³-hybridized carbons (Fsp3) is 0.357. The molecule has 1 unspecified atom stereocenters. The van der Waals surface area contributed by atoms with Crippen LogP contribution < -0.4 is 16.4 Å². The fourth-order valence-corrected chi connectivity index (χ4v) is 5.56. The van der Waals surface area contributed by atoms with E-state index in [2.05, 4.69) is 32.0 Å². The molecule has 0 amide bonds. The minimum atomic E-state index is -1.35. The standard InChI is InChI=1S/C28H27BClFN8/c29-28(17-5-7-18(31)8-6-17,25-15-39(38-37-25)20-9-10-20)36-19-11-21-26(35-24-4-2-1-3-23(24)33)16(13-32)14-34-27(21)22(30)12-19/h5-8,11-12,14-15,20,23-24,36H,1-4,9-10,33H2,(H,34,35)/t23-,24+,28?/m0/s1. The number of nitrogens with zero attached hydrogens (tertiary/aromatic N) is 5. The molecule has 0 aliphatic heterocycles. The predicted octanol–water partition coefficient (Wildman–Crippen LogP) is 4.99. The smallest absolute Gasteiger partial charge is 0.123 e. The Labute approximate surface area is 232 Å². The lowest BCUT2D eigenvalue weighted by atomic mass is 9.69. The second-order valence-electron chi connectivity index (χ2n) is 10.5. The summed E-state index contributed by atoms with van der Waals surface area (Å²) in [4.78, 5) is 4.47. The molecule has 2 radical (unpaired) electrons. The molecule has 0 bridgehead atoms. The molecule has 8 nitrogen and oxygen atoms in total. The minimum absolute atomic E-state index is 0.0189. The summed E-state index contributed by atoms with van der Waals surface area (Å²) in [5.74, 6) is -0.372. The lowest BCUT2D eigenvalue weighted by Gasteiger charge is -2.32. The molecule has 2 aliphatic carbocycles. The zero-order chi connectivity index (χ0) is 27.1. The van der Waals surface area contributed by atoms with Gasteiger partial charge in [0, 0.05) is 29.4 Å². The fourth-order valence-electron chi connectivity index (χ4n) is 5.30. The summed E-state index contributed by atoms with van der Waals surface area (Å²) < 4.78 is 15.6. The highest BCUT2D eigenvalue weighted by Crippen LogP contribution is 2.39. The van der Waals surface area contributed by atoms with Crippen LogP contribution in [0.5, 0.6) is 0 Å². The Balaban J connectivity index is 1.45. The van der Waals surface area contributed by atoms with Gasteiger partial charge in [-0.2, -0.15) is 5.26 Å². The molecular formula is C28H27BClFN8. The summed E-state index contributed by atoms with van der Waals surface area (Å²) in [7, 11) is 7.02. The Morgan fingerprint density at radius 2 is 1.92 bits per heavy atom. The van der Waals surface area contributed by atoms with Gasteiger partial charge >= 0.3 is 0 Å². The molecule has 6 rings (SSSR count). The molecule has 196 valence electrons. The summed E-state index contributed by atoms with van der Waals surface area (Å²) in [6.07, 6.45) is 9.43. The highest BCUT2D eigenvalue weighted by Gasteiger charge is 2.34. The first-order chi connectivity index (χ1) is 18.9. The maximum absolute atomic E-state index is 13.8. The van der Waals surface area contributed by atoms with Crippen molar-refractivity contribution in [1.29, 1.82) is 5.26 Å². The molecule has 4 aromatic rings. The number of nitriles is 1. The second-order valence-corrected chi connectivity index (χ2v) is 10.9. The van der Waals surface area contributed by atoms with E-state index in [1.54, 1.807) is 18.2 Å². The molecule has 2 aliphatic rings. The zero-order valence-electron chi connectivity index (χ0n) is 21.2. The summed E-state index contributed by atoms with van der Waals surface area (Å²) in [6, 6.07) is 12.1. The van der Waals surface area contributed by atoms with E-state index in [9.17, 15) is 9.65 Å². The predicted molar refractivity (Wildman–Crippen MR) is 150 cm³/mol. The molecule has 2 fully saturated rings. The van der Waals surface area contributed by atoms with Crippen molar-refractivity contribution >= 4 is 41.7 Å². The van der Waals surface area contributed by atoms with Gasteiger partial charge in [0.25, 0.3) is 0 Å². The van der Waals surface area contributed by atoms with E-state index < -0.39 is 5.44 Å². The number of halogens is 2. The van der Waals surface area contributed by atoms with Crippen LogP contribution in [0.25, 0.3) is 10.9 Å². The lowest BCUT2D eigenvalue weighted by molar-refractivity contribution is 0.404. The van der Waals surface area contributed by atoms with Crippen LogP contribution in [-0.2, 0) is 5.44 Å². The van der Waals surface area contributed by atoms with Crippen LogP contribution in [0.15, 0.2) is 48.8 Å². The Kier molecular flexibility index (Phi) is 6.65. The summed E-state index contributed by atoms with van der Waals surface area (Å²) in [6.45, 7) is 0. The van der Waals surface area contributed by atoms with Crippen molar-refractivity contribution in [1.82, 2.24) is 20.0 Å². The first-order valence-electron chi connectivity index (χ1n) is 13.2. The van der Waals surface area contributed by atoms with Crippen molar-refractivity contribution in [3.8, 4) is 6.07 Å². The van der Waals surface area contributed by atoms with Gasteiger partial charge in [-0.3, -0.25) is 4.98 Å². The monoisotopic (exact) mass is 540 g/mol. The molecule has 11 heteroatoms. The topological polar surface area (TPSA) is 117 Å². The van der Waals surface area contributed by atoms with Gasteiger partial charge in [-0.05, 0) is 55.5 Å². The van der Waals surface area contributed by atoms with E-state index in [0.717, 1.165) is 38.5 Å². The van der Waals surface area contributed by atoms with Gasteiger partial charge in [-0.25, -0.2) is 9.07 Å². The molecule has 2 aromatic carbocycles. The zero-order valence-corrected chi connectivity index (χ0v) is 22.0. The lowest BCUT2D eigenvalue weighted by Crippen LogP contribution is -2.42. The van der Waals surface area contributed by atoms with Crippen molar-refractivity contribution in [2.45, 2.75) is 62.1 Å². The Bertz CT molecular complexity index is 1560. The highest BCUT2D eigenvalue weighted by atomic mass is 35.5. The van der Waals surface area contributed by atoms with E-state index in [0.29, 0.717) is 50.2 Å². The number of fused-ring (bicyclic) bond motifs is 1. The quantitative estimate of drug-likeness (QED) is 0.283. The van der Waals surface area contributed by atoms with Crippen molar-refractivity contribution in [3.05, 3.63) is 76.5 Å². The van der Waals surface area contributed by atoms with Crippen LogP contribution in [0, 0.1) is 17.1 Å². The van der Waals surface area contributed by atoms with E-state index >= 15 is 0 Å². The van der Waals surface area contributed by atoms with Gasteiger partial charge in [-0.15, -0.1) is 5.10 Å². The van der Waals surface area contributed by atoms with Crippen molar-refractivity contribution in [2.24, 2.45) is 5.73 Å².